The minimum absolute atomic E-state index is 0.0579. The summed E-state index contributed by atoms with van der Waals surface area (Å²) in [5.74, 6) is 7.15. The van der Waals surface area contributed by atoms with Crippen molar-refractivity contribution in [3.8, 4) is 0 Å². The highest BCUT2D eigenvalue weighted by Gasteiger charge is 2.13. The summed E-state index contributed by atoms with van der Waals surface area (Å²) in [4.78, 5) is 8.35. The van der Waals surface area contributed by atoms with Crippen LogP contribution < -0.4 is 16.6 Å². The Bertz CT molecular complexity index is 373. The molecule has 0 aliphatic heterocycles. The highest BCUT2D eigenvalue weighted by atomic mass is 16.5. The van der Waals surface area contributed by atoms with Gasteiger partial charge in [-0.05, 0) is 12.3 Å². The van der Waals surface area contributed by atoms with Crippen LogP contribution in [-0.4, -0.2) is 41.4 Å². The molecule has 0 spiro atoms. The second kappa shape index (κ2) is 8.63. The number of hydrazine groups is 1. The lowest BCUT2D eigenvalue weighted by Gasteiger charge is -2.16. The summed E-state index contributed by atoms with van der Waals surface area (Å²) in [7, 11) is 0. The first kappa shape index (κ1) is 15.6. The minimum Gasteiger partial charge on any atom is -0.394 e. The van der Waals surface area contributed by atoms with Crippen LogP contribution in [0.15, 0.2) is 6.33 Å². The van der Waals surface area contributed by atoms with Crippen LogP contribution in [0.3, 0.4) is 0 Å². The molecule has 0 saturated heterocycles. The molecular weight excluding hydrogens is 246 g/mol. The quantitative estimate of drug-likeness (QED) is 0.297. The van der Waals surface area contributed by atoms with Gasteiger partial charge in [0.2, 0.25) is 0 Å². The predicted molar refractivity (Wildman–Crippen MR) is 74.9 cm³/mol. The summed E-state index contributed by atoms with van der Waals surface area (Å²) in [5.41, 5.74) is 3.57. The van der Waals surface area contributed by atoms with Gasteiger partial charge >= 0.3 is 0 Å². The Hall–Kier alpha value is -1.44. The smallest absolute Gasteiger partial charge is 0.148 e. The molecule has 0 bridgehead atoms. The molecule has 0 saturated carbocycles. The monoisotopic (exact) mass is 269 g/mol. The maximum atomic E-state index is 8.58. The lowest BCUT2D eigenvalue weighted by molar-refractivity contribution is 0.0922. The third-order valence-corrected chi connectivity index (χ3v) is 2.59. The van der Waals surface area contributed by atoms with E-state index in [1.54, 1.807) is 0 Å². The Morgan fingerprint density at radius 2 is 2.05 bits per heavy atom. The average molecular weight is 269 g/mol. The van der Waals surface area contributed by atoms with Crippen molar-refractivity contribution < 1.29 is 9.84 Å². The third-order valence-electron chi connectivity index (χ3n) is 2.59. The number of hydrogen-bond acceptors (Lipinski definition) is 7. The molecular formula is C12H23N5O2. The van der Waals surface area contributed by atoms with Crippen LogP contribution in [0.2, 0.25) is 0 Å². The van der Waals surface area contributed by atoms with Gasteiger partial charge in [0.15, 0.2) is 0 Å². The van der Waals surface area contributed by atoms with Gasteiger partial charge in [0.1, 0.15) is 18.0 Å². The van der Waals surface area contributed by atoms with E-state index in [-0.39, 0.29) is 12.5 Å². The molecule has 1 heterocycles. The van der Waals surface area contributed by atoms with E-state index in [4.69, 9.17) is 15.7 Å². The largest absolute Gasteiger partial charge is 0.394 e. The fourth-order valence-electron chi connectivity index (χ4n) is 1.75. The molecule has 1 aromatic rings. The zero-order chi connectivity index (χ0) is 14.1. The van der Waals surface area contributed by atoms with Crippen molar-refractivity contribution in [2.45, 2.75) is 26.2 Å². The van der Waals surface area contributed by atoms with Crippen LogP contribution in [0.5, 0.6) is 0 Å². The van der Waals surface area contributed by atoms with Crippen molar-refractivity contribution in [3.05, 3.63) is 11.9 Å². The van der Waals surface area contributed by atoms with Crippen LogP contribution in [-0.2, 0) is 4.74 Å². The van der Waals surface area contributed by atoms with Gasteiger partial charge in [-0.1, -0.05) is 13.8 Å². The lowest BCUT2D eigenvalue weighted by atomic mass is 10.0. The molecule has 7 heteroatoms. The number of hydrogen-bond donors (Lipinski definition) is 4. The molecule has 108 valence electrons. The first-order valence-corrected chi connectivity index (χ1v) is 6.44. The van der Waals surface area contributed by atoms with Crippen LogP contribution in [0, 0.1) is 0 Å². The van der Waals surface area contributed by atoms with E-state index < -0.39 is 0 Å². The molecule has 0 aliphatic rings. The molecule has 0 unspecified atom stereocenters. The van der Waals surface area contributed by atoms with E-state index in [1.807, 2.05) is 0 Å². The van der Waals surface area contributed by atoms with Gasteiger partial charge in [-0.3, -0.25) is 0 Å². The van der Waals surface area contributed by atoms with Crippen molar-refractivity contribution in [1.29, 1.82) is 0 Å². The maximum absolute atomic E-state index is 8.58. The highest BCUT2D eigenvalue weighted by Crippen LogP contribution is 2.27. The number of aliphatic hydroxyl groups excluding tert-OH is 1. The molecule has 0 amide bonds. The Morgan fingerprint density at radius 1 is 1.32 bits per heavy atom. The Labute approximate surface area is 113 Å². The van der Waals surface area contributed by atoms with Crippen molar-refractivity contribution >= 4 is 11.6 Å². The van der Waals surface area contributed by atoms with Gasteiger partial charge in [-0.2, -0.15) is 0 Å². The standard InChI is InChI=1S/C12H23N5O2/c1-9(2)10-11(15-8-16-12(10)17-13)14-4-3-6-19-7-5-18/h8-9,18H,3-7,13H2,1-2H3,(H2,14,15,16,17). The molecule has 5 N–H and O–H groups in total. The van der Waals surface area contributed by atoms with Gasteiger partial charge < -0.3 is 20.6 Å². The summed E-state index contributed by atoms with van der Waals surface area (Å²) in [6.45, 7) is 5.92. The molecule has 7 nitrogen and oxygen atoms in total. The van der Waals surface area contributed by atoms with Gasteiger partial charge in [0.05, 0.1) is 13.2 Å². The van der Waals surface area contributed by atoms with Crippen molar-refractivity contribution in [2.75, 3.05) is 37.1 Å². The number of aliphatic hydroxyl groups is 1. The first-order chi connectivity index (χ1) is 9.20. The Morgan fingerprint density at radius 3 is 2.68 bits per heavy atom. The van der Waals surface area contributed by atoms with Crippen molar-refractivity contribution in [1.82, 2.24) is 9.97 Å². The number of nitrogens with two attached hydrogens (primary N) is 1. The van der Waals surface area contributed by atoms with Crippen LogP contribution in [0.25, 0.3) is 0 Å². The molecule has 0 aromatic carbocycles. The first-order valence-electron chi connectivity index (χ1n) is 6.44. The Kier molecular flexibility index (Phi) is 7.09. The van der Waals surface area contributed by atoms with E-state index in [9.17, 15) is 0 Å². The maximum Gasteiger partial charge on any atom is 0.148 e. The molecule has 0 radical (unpaired) electrons. The molecule has 1 rings (SSSR count). The van der Waals surface area contributed by atoms with Crippen LogP contribution >= 0.6 is 0 Å². The number of anilines is 2. The normalized spacial score (nSPS) is 10.8. The number of nitrogens with zero attached hydrogens (tertiary/aromatic N) is 2. The summed E-state index contributed by atoms with van der Waals surface area (Å²) >= 11 is 0. The second-order valence-electron chi connectivity index (χ2n) is 4.40. The molecule has 0 fully saturated rings. The summed E-state index contributed by atoms with van der Waals surface area (Å²) in [6.07, 6.45) is 2.32. The second-order valence-corrected chi connectivity index (χ2v) is 4.40. The van der Waals surface area contributed by atoms with Gasteiger partial charge in [0, 0.05) is 18.7 Å². The van der Waals surface area contributed by atoms with Crippen LogP contribution in [0.4, 0.5) is 11.6 Å². The van der Waals surface area contributed by atoms with E-state index >= 15 is 0 Å². The van der Waals surface area contributed by atoms with Gasteiger partial charge in [0.25, 0.3) is 0 Å². The lowest BCUT2D eigenvalue weighted by Crippen LogP contribution is -2.16. The molecule has 0 atom stereocenters. The SMILES string of the molecule is CC(C)c1c(NN)ncnc1NCCCOCCO. The summed E-state index contributed by atoms with van der Waals surface area (Å²) < 4.78 is 5.19. The molecule has 0 aliphatic carbocycles. The van der Waals surface area contributed by atoms with Gasteiger partial charge in [-0.25, -0.2) is 15.8 Å². The fraction of sp³-hybridized carbons (Fsp3) is 0.667. The van der Waals surface area contributed by atoms with E-state index in [0.29, 0.717) is 19.0 Å². The van der Waals surface area contributed by atoms with E-state index in [1.165, 1.54) is 6.33 Å². The number of nitrogen functional groups attached to an aromatic ring is 1. The Balaban J connectivity index is 2.53. The number of rotatable bonds is 9. The zero-order valence-electron chi connectivity index (χ0n) is 11.5. The fourth-order valence-corrected chi connectivity index (χ4v) is 1.75. The van der Waals surface area contributed by atoms with Crippen LogP contribution in [0.1, 0.15) is 31.7 Å². The molecule has 19 heavy (non-hydrogen) atoms. The predicted octanol–water partition coefficient (Wildman–Crippen LogP) is 0.696. The number of nitrogens with one attached hydrogen (secondary N) is 2. The minimum atomic E-state index is 0.0579. The topological polar surface area (TPSA) is 105 Å². The highest BCUT2D eigenvalue weighted by molar-refractivity contribution is 5.58. The van der Waals surface area contributed by atoms with E-state index in [0.717, 1.165) is 24.3 Å². The summed E-state index contributed by atoms with van der Waals surface area (Å²) in [5, 5.41) is 11.8. The summed E-state index contributed by atoms with van der Waals surface area (Å²) in [6, 6.07) is 0. The van der Waals surface area contributed by atoms with E-state index in [2.05, 4.69) is 34.6 Å². The molecule has 1 aromatic heterocycles. The average Bonchev–Trinajstić information content (AvgIpc) is 2.42. The number of ether oxygens (including phenoxy) is 1. The number of aromatic nitrogens is 2. The zero-order valence-corrected chi connectivity index (χ0v) is 11.5. The van der Waals surface area contributed by atoms with Gasteiger partial charge in [-0.15, -0.1) is 0 Å². The van der Waals surface area contributed by atoms with Crippen molar-refractivity contribution in [3.63, 3.8) is 0 Å². The van der Waals surface area contributed by atoms with Crippen molar-refractivity contribution in [2.24, 2.45) is 5.84 Å². The third kappa shape index (κ3) is 4.98.